The standard InChI is InChI=1S/C24H25NO3/c1-15-6-5-7-17(10-15)11-21-22(26)20-12-18-13-25(19-8-3-4-9-19)14-27-23(18)16(2)24(20)28-21/h5-7,10-12,19H,3-4,8-9,13-14H2,1-2H3/b21-11-. The van der Waals surface area contributed by atoms with Crippen LogP contribution in [0.15, 0.2) is 36.1 Å². The number of rotatable bonds is 2. The van der Waals surface area contributed by atoms with Gasteiger partial charge in [-0.15, -0.1) is 0 Å². The molecule has 2 aromatic carbocycles. The second-order valence-corrected chi connectivity index (χ2v) is 8.18. The largest absolute Gasteiger partial charge is 0.477 e. The van der Waals surface area contributed by atoms with Crippen LogP contribution in [0.4, 0.5) is 0 Å². The van der Waals surface area contributed by atoms with Gasteiger partial charge in [-0.3, -0.25) is 9.69 Å². The molecule has 1 saturated carbocycles. The Kier molecular flexibility index (Phi) is 4.24. The number of carbonyl (C=O) groups is 1. The third-order valence-corrected chi connectivity index (χ3v) is 6.15. The van der Waals surface area contributed by atoms with E-state index in [4.69, 9.17) is 9.47 Å². The van der Waals surface area contributed by atoms with Crippen molar-refractivity contribution >= 4 is 11.9 Å². The van der Waals surface area contributed by atoms with Gasteiger partial charge in [-0.1, -0.05) is 42.7 Å². The van der Waals surface area contributed by atoms with E-state index in [1.54, 1.807) is 0 Å². The van der Waals surface area contributed by atoms with Crippen molar-refractivity contribution in [3.8, 4) is 11.5 Å². The van der Waals surface area contributed by atoms with E-state index in [9.17, 15) is 4.79 Å². The Balaban J connectivity index is 1.47. The van der Waals surface area contributed by atoms with Crippen LogP contribution in [0.3, 0.4) is 0 Å². The van der Waals surface area contributed by atoms with Gasteiger partial charge >= 0.3 is 0 Å². The minimum Gasteiger partial charge on any atom is -0.477 e. The quantitative estimate of drug-likeness (QED) is 0.692. The van der Waals surface area contributed by atoms with Crippen LogP contribution in [0.25, 0.3) is 6.08 Å². The first kappa shape index (κ1) is 17.5. The Bertz CT molecular complexity index is 986. The van der Waals surface area contributed by atoms with E-state index in [1.807, 2.05) is 50.3 Å². The topological polar surface area (TPSA) is 38.8 Å². The molecule has 4 heteroatoms. The zero-order valence-corrected chi connectivity index (χ0v) is 16.5. The fourth-order valence-electron chi connectivity index (χ4n) is 4.68. The Morgan fingerprint density at radius 3 is 2.71 bits per heavy atom. The van der Waals surface area contributed by atoms with Crippen LogP contribution < -0.4 is 9.47 Å². The van der Waals surface area contributed by atoms with Crippen molar-refractivity contribution in [3.63, 3.8) is 0 Å². The van der Waals surface area contributed by atoms with E-state index >= 15 is 0 Å². The molecule has 1 aliphatic carbocycles. The summed E-state index contributed by atoms with van der Waals surface area (Å²) in [5.74, 6) is 1.88. The number of ether oxygens (including phenoxy) is 2. The molecule has 0 aromatic heterocycles. The second kappa shape index (κ2) is 6.78. The van der Waals surface area contributed by atoms with Crippen LogP contribution in [0.2, 0.25) is 0 Å². The number of allylic oxidation sites excluding steroid dienone is 1. The number of fused-ring (bicyclic) bond motifs is 2. The average Bonchev–Trinajstić information content (AvgIpc) is 3.32. The summed E-state index contributed by atoms with van der Waals surface area (Å²) in [5, 5.41) is 0. The van der Waals surface area contributed by atoms with Gasteiger partial charge in [0, 0.05) is 23.7 Å². The van der Waals surface area contributed by atoms with Gasteiger partial charge in [0.25, 0.3) is 0 Å². The maximum absolute atomic E-state index is 13.0. The van der Waals surface area contributed by atoms with Crippen LogP contribution in [-0.4, -0.2) is 23.5 Å². The summed E-state index contributed by atoms with van der Waals surface area (Å²) in [7, 11) is 0. The zero-order valence-electron chi connectivity index (χ0n) is 16.5. The number of carbonyl (C=O) groups excluding carboxylic acids is 1. The molecule has 2 aliphatic heterocycles. The molecule has 0 N–H and O–H groups in total. The number of nitrogens with zero attached hydrogens (tertiary/aromatic N) is 1. The number of hydrogen-bond acceptors (Lipinski definition) is 4. The highest BCUT2D eigenvalue weighted by atomic mass is 16.5. The number of hydrogen-bond donors (Lipinski definition) is 0. The third kappa shape index (κ3) is 2.92. The molecule has 2 heterocycles. The maximum Gasteiger partial charge on any atom is 0.231 e. The molecule has 2 aromatic rings. The molecule has 0 saturated heterocycles. The summed E-state index contributed by atoms with van der Waals surface area (Å²) in [6.07, 6.45) is 6.93. The molecule has 0 bridgehead atoms. The van der Waals surface area contributed by atoms with Crippen molar-refractivity contribution in [2.24, 2.45) is 0 Å². The lowest BCUT2D eigenvalue weighted by Crippen LogP contribution is -2.39. The van der Waals surface area contributed by atoms with E-state index in [2.05, 4.69) is 4.90 Å². The van der Waals surface area contributed by atoms with Gasteiger partial charge in [-0.05, 0) is 44.4 Å². The fraction of sp³-hybridized carbons (Fsp3) is 0.375. The Morgan fingerprint density at radius 2 is 1.93 bits per heavy atom. The minimum atomic E-state index is -0.0413. The van der Waals surface area contributed by atoms with Gasteiger partial charge in [-0.25, -0.2) is 0 Å². The Hall–Kier alpha value is -2.59. The van der Waals surface area contributed by atoms with E-state index in [0.29, 0.717) is 29.8 Å². The number of Topliss-reactive ketones (excluding diaryl/α,β-unsaturated/α-hetero) is 1. The van der Waals surface area contributed by atoms with Crippen LogP contribution in [0, 0.1) is 13.8 Å². The van der Waals surface area contributed by atoms with Crippen molar-refractivity contribution in [2.75, 3.05) is 6.73 Å². The molecular weight excluding hydrogens is 350 g/mol. The first-order valence-corrected chi connectivity index (χ1v) is 10.1. The Morgan fingerprint density at radius 1 is 1.11 bits per heavy atom. The highest BCUT2D eigenvalue weighted by molar-refractivity contribution is 6.15. The molecular formula is C24H25NO3. The molecule has 3 aliphatic rings. The highest BCUT2D eigenvalue weighted by Gasteiger charge is 2.35. The van der Waals surface area contributed by atoms with E-state index in [1.165, 1.54) is 25.7 Å². The second-order valence-electron chi connectivity index (χ2n) is 8.18. The lowest BCUT2D eigenvalue weighted by atomic mass is 9.99. The minimum absolute atomic E-state index is 0.0413. The zero-order chi connectivity index (χ0) is 19.3. The number of ketones is 1. The maximum atomic E-state index is 13.0. The molecule has 1 fully saturated rings. The van der Waals surface area contributed by atoms with Crippen molar-refractivity contribution in [1.82, 2.24) is 4.90 Å². The molecule has 0 radical (unpaired) electrons. The van der Waals surface area contributed by atoms with Gasteiger partial charge in [-0.2, -0.15) is 0 Å². The highest BCUT2D eigenvalue weighted by Crippen LogP contribution is 2.44. The van der Waals surface area contributed by atoms with Gasteiger partial charge < -0.3 is 9.47 Å². The van der Waals surface area contributed by atoms with Gasteiger partial charge in [0.2, 0.25) is 5.78 Å². The summed E-state index contributed by atoms with van der Waals surface area (Å²) in [6, 6.07) is 10.7. The first-order valence-electron chi connectivity index (χ1n) is 10.1. The van der Waals surface area contributed by atoms with Crippen molar-refractivity contribution < 1.29 is 14.3 Å². The molecule has 4 nitrogen and oxygen atoms in total. The molecule has 0 spiro atoms. The molecule has 0 unspecified atom stereocenters. The Labute approximate surface area is 165 Å². The van der Waals surface area contributed by atoms with E-state index < -0.39 is 0 Å². The molecule has 0 amide bonds. The van der Waals surface area contributed by atoms with Crippen molar-refractivity contribution in [3.05, 3.63) is 63.9 Å². The predicted octanol–water partition coefficient (Wildman–Crippen LogP) is 5.01. The molecule has 0 atom stereocenters. The SMILES string of the molecule is Cc1cccc(/C=C2\Oc3c(cc4c(c3C)OCN(C3CCCC3)C4)C2=O)c1. The predicted molar refractivity (Wildman–Crippen MR) is 109 cm³/mol. The fourth-order valence-corrected chi connectivity index (χ4v) is 4.68. The lowest BCUT2D eigenvalue weighted by molar-refractivity contribution is 0.0570. The number of aryl methyl sites for hydroxylation is 1. The summed E-state index contributed by atoms with van der Waals surface area (Å²) in [5.41, 5.74) is 4.82. The summed E-state index contributed by atoms with van der Waals surface area (Å²) in [4.78, 5) is 15.4. The van der Waals surface area contributed by atoms with Crippen LogP contribution in [0.1, 0.15) is 58.3 Å². The van der Waals surface area contributed by atoms with Gasteiger partial charge in [0.15, 0.2) is 5.76 Å². The molecule has 144 valence electrons. The molecule has 28 heavy (non-hydrogen) atoms. The first-order chi connectivity index (χ1) is 13.6. The summed E-state index contributed by atoms with van der Waals surface area (Å²) in [6.45, 7) is 5.50. The summed E-state index contributed by atoms with van der Waals surface area (Å²) < 4.78 is 12.1. The monoisotopic (exact) mass is 375 g/mol. The van der Waals surface area contributed by atoms with Crippen LogP contribution in [0.5, 0.6) is 11.5 Å². The third-order valence-electron chi connectivity index (χ3n) is 6.15. The lowest BCUT2D eigenvalue weighted by Gasteiger charge is -2.34. The van der Waals surface area contributed by atoms with Crippen molar-refractivity contribution in [2.45, 2.75) is 52.1 Å². The smallest absolute Gasteiger partial charge is 0.231 e. The van der Waals surface area contributed by atoms with E-state index in [-0.39, 0.29) is 5.78 Å². The van der Waals surface area contributed by atoms with Gasteiger partial charge in [0.05, 0.1) is 5.56 Å². The van der Waals surface area contributed by atoms with Crippen LogP contribution in [-0.2, 0) is 6.54 Å². The van der Waals surface area contributed by atoms with Gasteiger partial charge in [0.1, 0.15) is 18.2 Å². The normalized spacial score (nSPS) is 20.8. The average molecular weight is 375 g/mol. The number of benzene rings is 2. The van der Waals surface area contributed by atoms with Crippen molar-refractivity contribution in [1.29, 1.82) is 0 Å². The van der Waals surface area contributed by atoms with Crippen LogP contribution >= 0.6 is 0 Å². The summed E-state index contributed by atoms with van der Waals surface area (Å²) >= 11 is 0. The van der Waals surface area contributed by atoms with E-state index in [0.717, 1.165) is 34.5 Å². The molecule has 5 rings (SSSR count).